The van der Waals surface area contributed by atoms with E-state index in [0.29, 0.717) is 30.3 Å². The zero-order chi connectivity index (χ0) is 10.8. The van der Waals surface area contributed by atoms with E-state index in [1.807, 2.05) is 0 Å². The fraction of sp³-hybridized carbons (Fsp3) is 0.400. The lowest BCUT2D eigenvalue weighted by molar-refractivity contribution is 0.0758. The van der Waals surface area contributed by atoms with Gasteiger partial charge in [0.05, 0.1) is 24.3 Å². The molecule has 1 heterocycles. The first-order chi connectivity index (χ1) is 7.20. The van der Waals surface area contributed by atoms with Gasteiger partial charge in [0.2, 0.25) is 0 Å². The molecule has 5 heteroatoms. The van der Waals surface area contributed by atoms with Gasteiger partial charge < -0.3 is 10.1 Å². The standard InChI is InChI=1S/C10H10Cl2FNO/c11-6-1-2-7(12)10(13)9(6)8-5-15-4-3-14-8/h1-2,8,14H,3-5H2/t8-/m0/s1. The Morgan fingerprint density at radius 2 is 2.07 bits per heavy atom. The summed E-state index contributed by atoms with van der Waals surface area (Å²) in [6.07, 6.45) is 0. The monoisotopic (exact) mass is 249 g/mol. The van der Waals surface area contributed by atoms with Gasteiger partial charge >= 0.3 is 0 Å². The van der Waals surface area contributed by atoms with Gasteiger partial charge in [0.1, 0.15) is 5.82 Å². The summed E-state index contributed by atoms with van der Waals surface area (Å²) in [5.74, 6) is -0.466. The van der Waals surface area contributed by atoms with Crippen molar-refractivity contribution in [3.8, 4) is 0 Å². The van der Waals surface area contributed by atoms with Crippen LogP contribution in [-0.2, 0) is 4.74 Å². The summed E-state index contributed by atoms with van der Waals surface area (Å²) in [5, 5.41) is 3.60. The molecule has 2 rings (SSSR count). The Labute approximate surface area is 97.3 Å². The predicted molar refractivity (Wildman–Crippen MR) is 58.0 cm³/mol. The van der Waals surface area contributed by atoms with Crippen molar-refractivity contribution in [1.29, 1.82) is 0 Å². The summed E-state index contributed by atoms with van der Waals surface area (Å²) in [7, 11) is 0. The maximum atomic E-state index is 13.7. The summed E-state index contributed by atoms with van der Waals surface area (Å²) < 4.78 is 19.0. The minimum Gasteiger partial charge on any atom is -0.378 e. The van der Waals surface area contributed by atoms with Crippen molar-refractivity contribution in [3.63, 3.8) is 0 Å². The number of ether oxygens (including phenoxy) is 1. The van der Waals surface area contributed by atoms with Crippen LogP contribution >= 0.6 is 23.2 Å². The highest BCUT2D eigenvalue weighted by Crippen LogP contribution is 2.31. The van der Waals surface area contributed by atoms with Gasteiger partial charge in [-0.1, -0.05) is 23.2 Å². The summed E-state index contributed by atoms with van der Waals surface area (Å²) in [4.78, 5) is 0. The normalized spacial score (nSPS) is 21.7. The molecule has 0 unspecified atom stereocenters. The van der Waals surface area contributed by atoms with Crippen LogP contribution in [0.15, 0.2) is 12.1 Å². The van der Waals surface area contributed by atoms with Crippen molar-refractivity contribution in [2.24, 2.45) is 0 Å². The van der Waals surface area contributed by atoms with E-state index in [-0.39, 0.29) is 11.1 Å². The molecular weight excluding hydrogens is 240 g/mol. The van der Waals surface area contributed by atoms with E-state index in [0.717, 1.165) is 0 Å². The van der Waals surface area contributed by atoms with E-state index in [2.05, 4.69) is 5.32 Å². The van der Waals surface area contributed by atoms with Crippen LogP contribution in [0.2, 0.25) is 10.0 Å². The molecule has 1 N–H and O–H groups in total. The quantitative estimate of drug-likeness (QED) is 0.774. The molecule has 1 atom stereocenters. The highest BCUT2D eigenvalue weighted by atomic mass is 35.5. The first kappa shape index (κ1) is 11.1. The molecule has 0 saturated carbocycles. The Bertz CT molecular complexity index is 367. The number of hydrogen-bond acceptors (Lipinski definition) is 2. The van der Waals surface area contributed by atoms with Gasteiger partial charge in [0, 0.05) is 17.1 Å². The van der Waals surface area contributed by atoms with Gasteiger partial charge in [0.25, 0.3) is 0 Å². The van der Waals surface area contributed by atoms with Crippen molar-refractivity contribution >= 4 is 23.2 Å². The van der Waals surface area contributed by atoms with Gasteiger partial charge in [0.15, 0.2) is 0 Å². The molecule has 15 heavy (non-hydrogen) atoms. The number of halogens is 3. The summed E-state index contributed by atoms with van der Waals surface area (Å²) in [6, 6.07) is 2.83. The Morgan fingerprint density at radius 1 is 1.33 bits per heavy atom. The Morgan fingerprint density at radius 3 is 2.73 bits per heavy atom. The third-order valence-corrected chi connectivity index (χ3v) is 2.97. The maximum Gasteiger partial charge on any atom is 0.148 e. The van der Waals surface area contributed by atoms with Crippen LogP contribution in [0, 0.1) is 5.82 Å². The average Bonchev–Trinajstić information content (AvgIpc) is 2.26. The molecule has 1 aromatic carbocycles. The topological polar surface area (TPSA) is 21.3 Å². The van der Waals surface area contributed by atoms with Gasteiger partial charge in [-0.3, -0.25) is 0 Å². The largest absolute Gasteiger partial charge is 0.378 e. The van der Waals surface area contributed by atoms with Crippen molar-refractivity contribution in [2.75, 3.05) is 19.8 Å². The fourth-order valence-electron chi connectivity index (χ4n) is 1.61. The second kappa shape index (κ2) is 4.66. The molecule has 0 aromatic heterocycles. The van der Waals surface area contributed by atoms with Crippen molar-refractivity contribution in [2.45, 2.75) is 6.04 Å². The highest BCUT2D eigenvalue weighted by molar-refractivity contribution is 6.33. The number of benzene rings is 1. The zero-order valence-electron chi connectivity index (χ0n) is 7.90. The molecule has 0 aliphatic carbocycles. The van der Waals surface area contributed by atoms with Crippen molar-refractivity contribution in [3.05, 3.63) is 33.6 Å². The second-order valence-electron chi connectivity index (χ2n) is 3.34. The molecule has 1 aliphatic rings. The third kappa shape index (κ3) is 2.26. The highest BCUT2D eigenvalue weighted by Gasteiger charge is 2.22. The first-order valence-corrected chi connectivity index (χ1v) is 5.40. The van der Waals surface area contributed by atoms with Crippen molar-refractivity contribution in [1.82, 2.24) is 5.32 Å². The van der Waals surface area contributed by atoms with Crippen LogP contribution in [0.1, 0.15) is 11.6 Å². The van der Waals surface area contributed by atoms with Crippen LogP contribution in [0.5, 0.6) is 0 Å². The number of morpholine rings is 1. The van der Waals surface area contributed by atoms with Crippen LogP contribution in [0.4, 0.5) is 4.39 Å². The van der Waals surface area contributed by atoms with E-state index in [4.69, 9.17) is 27.9 Å². The number of rotatable bonds is 1. The van der Waals surface area contributed by atoms with Gasteiger partial charge in [-0.05, 0) is 12.1 Å². The molecule has 2 nitrogen and oxygen atoms in total. The van der Waals surface area contributed by atoms with Crippen LogP contribution in [0.3, 0.4) is 0 Å². The predicted octanol–water partition coefficient (Wildman–Crippen LogP) is 2.79. The Balaban J connectivity index is 2.36. The number of nitrogens with one attached hydrogen (secondary N) is 1. The van der Waals surface area contributed by atoms with Crippen LogP contribution < -0.4 is 5.32 Å². The smallest absolute Gasteiger partial charge is 0.148 e. The molecule has 1 aliphatic heterocycles. The lowest BCUT2D eigenvalue weighted by Gasteiger charge is -2.25. The fourth-order valence-corrected chi connectivity index (χ4v) is 2.06. The van der Waals surface area contributed by atoms with E-state index in [9.17, 15) is 4.39 Å². The van der Waals surface area contributed by atoms with E-state index in [1.54, 1.807) is 6.07 Å². The van der Waals surface area contributed by atoms with Crippen LogP contribution in [-0.4, -0.2) is 19.8 Å². The summed E-state index contributed by atoms with van der Waals surface area (Å²) in [5.41, 5.74) is 0.392. The first-order valence-electron chi connectivity index (χ1n) is 4.64. The van der Waals surface area contributed by atoms with Crippen LogP contribution in [0.25, 0.3) is 0 Å². The molecule has 82 valence electrons. The summed E-state index contributed by atoms with van der Waals surface area (Å²) >= 11 is 11.6. The van der Waals surface area contributed by atoms with E-state index in [1.165, 1.54) is 6.07 Å². The average molecular weight is 250 g/mol. The zero-order valence-corrected chi connectivity index (χ0v) is 9.41. The van der Waals surface area contributed by atoms with E-state index < -0.39 is 5.82 Å². The molecule has 1 saturated heterocycles. The lowest BCUT2D eigenvalue weighted by atomic mass is 10.1. The molecule has 0 spiro atoms. The second-order valence-corrected chi connectivity index (χ2v) is 4.15. The summed E-state index contributed by atoms with van der Waals surface area (Å²) in [6.45, 7) is 1.74. The minimum atomic E-state index is -0.466. The molecule has 0 amide bonds. The Kier molecular flexibility index (Phi) is 3.46. The molecule has 0 bridgehead atoms. The Hall–Kier alpha value is -0.350. The lowest BCUT2D eigenvalue weighted by Crippen LogP contribution is -2.35. The molecule has 0 radical (unpaired) electrons. The van der Waals surface area contributed by atoms with Gasteiger partial charge in [-0.25, -0.2) is 4.39 Å². The SMILES string of the molecule is Fc1c(Cl)ccc(Cl)c1[C@@H]1COCCN1. The minimum absolute atomic E-state index is 0.0850. The molecular formula is C10H10Cl2FNO. The molecule has 1 fully saturated rings. The van der Waals surface area contributed by atoms with Crippen molar-refractivity contribution < 1.29 is 9.13 Å². The molecule has 1 aromatic rings. The van der Waals surface area contributed by atoms with Gasteiger partial charge in [-0.2, -0.15) is 0 Å². The number of hydrogen-bond donors (Lipinski definition) is 1. The third-order valence-electron chi connectivity index (χ3n) is 2.35. The van der Waals surface area contributed by atoms with Gasteiger partial charge in [-0.15, -0.1) is 0 Å². The van der Waals surface area contributed by atoms with E-state index >= 15 is 0 Å². The maximum absolute atomic E-state index is 13.7.